The molecule has 1 spiro atoms. The first-order valence-corrected chi connectivity index (χ1v) is 9.55. The number of rotatable bonds is 7. The summed E-state index contributed by atoms with van der Waals surface area (Å²) < 4.78 is 11.6. The van der Waals surface area contributed by atoms with E-state index < -0.39 is 0 Å². The van der Waals surface area contributed by atoms with Crippen molar-refractivity contribution in [1.82, 2.24) is 19.9 Å². The third kappa shape index (κ3) is 3.89. The zero-order valence-corrected chi connectivity index (χ0v) is 16.0. The molecule has 4 heterocycles. The van der Waals surface area contributed by atoms with Gasteiger partial charge in [0.15, 0.2) is 0 Å². The lowest BCUT2D eigenvalue weighted by molar-refractivity contribution is -0.136. The summed E-state index contributed by atoms with van der Waals surface area (Å²) in [5, 5.41) is 3.33. The zero-order valence-electron chi connectivity index (χ0n) is 16.0. The van der Waals surface area contributed by atoms with Gasteiger partial charge in [0.2, 0.25) is 11.8 Å². The molecule has 2 fully saturated rings. The number of hydrogen-bond donors (Lipinski definition) is 1. The van der Waals surface area contributed by atoms with E-state index in [-0.39, 0.29) is 5.60 Å². The summed E-state index contributed by atoms with van der Waals surface area (Å²) in [6.07, 6.45) is 7.64. The Morgan fingerprint density at radius 3 is 2.89 bits per heavy atom. The van der Waals surface area contributed by atoms with Crippen LogP contribution in [0.5, 0.6) is 5.88 Å². The molecule has 2 aromatic heterocycles. The highest BCUT2D eigenvalue weighted by molar-refractivity contribution is 5.26. The van der Waals surface area contributed by atoms with Crippen molar-refractivity contribution < 1.29 is 9.47 Å². The molecule has 7 nitrogen and oxygen atoms in total. The maximum absolute atomic E-state index is 6.18. The van der Waals surface area contributed by atoms with Crippen LogP contribution in [0.4, 0.5) is 5.95 Å². The first kappa shape index (κ1) is 18.1. The minimum atomic E-state index is 0.00522. The Kier molecular flexibility index (Phi) is 5.22. The van der Waals surface area contributed by atoms with Crippen LogP contribution in [0.15, 0.2) is 30.7 Å². The van der Waals surface area contributed by atoms with Gasteiger partial charge >= 0.3 is 0 Å². The molecule has 4 rings (SSSR count). The van der Waals surface area contributed by atoms with Gasteiger partial charge in [0.1, 0.15) is 0 Å². The second-order valence-corrected chi connectivity index (χ2v) is 7.52. The first-order valence-electron chi connectivity index (χ1n) is 9.55. The number of pyridine rings is 1. The quantitative estimate of drug-likeness (QED) is 0.803. The van der Waals surface area contributed by atoms with Gasteiger partial charge in [0.25, 0.3) is 0 Å². The molecule has 7 heteroatoms. The van der Waals surface area contributed by atoms with Gasteiger partial charge in [-0.2, -0.15) is 0 Å². The molecule has 0 unspecified atom stereocenters. The molecule has 2 aromatic rings. The monoisotopic (exact) mass is 369 g/mol. The van der Waals surface area contributed by atoms with Crippen molar-refractivity contribution in [1.29, 1.82) is 0 Å². The number of likely N-dealkylation sites (tertiary alicyclic amines) is 1. The highest BCUT2D eigenvalue weighted by Crippen LogP contribution is 2.42. The second kappa shape index (κ2) is 7.78. The van der Waals surface area contributed by atoms with Crippen molar-refractivity contribution in [2.24, 2.45) is 5.92 Å². The lowest BCUT2D eigenvalue weighted by Crippen LogP contribution is -2.64. The average molecular weight is 369 g/mol. The van der Waals surface area contributed by atoms with Crippen LogP contribution < -0.4 is 10.1 Å². The van der Waals surface area contributed by atoms with Gasteiger partial charge in [-0.3, -0.25) is 4.90 Å². The summed E-state index contributed by atoms with van der Waals surface area (Å²) in [4.78, 5) is 15.3. The molecule has 0 aliphatic carbocycles. The molecule has 27 heavy (non-hydrogen) atoms. The minimum Gasteiger partial charge on any atom is -0.481 e. The van der Waals surface area contributed by atoms with Gasteiger partial charge in [-0.15, -0.1) is 0 Å². The molecule has 0 bridgehead atoms. The number of anilines is 1. The van der Waals surface area contributed by atoms with E-state index in [4.69, 9.17) is 9.47 Å². The van der Waals surface area contributed by atoms with Crippen molar-refractivity contribution in [3.05, 3.63) is 41.9 Å². The summed E-state index contributed by atoms with van der Waals surface area (Å²) in [6, 6.07) is 4.04. The highest BCUT2D eigenvalue weighted by atomic mass is 16.5. The van der Waals surface area contributed by atoms with E-state index in [0.717, 1.165) is 56.8 Å². The second-order valence-electron chi connectivity index (χ2n) is 7.52. The Labute approximate surface area is 160 Å². The van der Waals surface area contributed by atoms with Gasteiger partial charge in [-0.1, -0.05) is 6.07 Å². The van der Waals surface area contributed by atoms with E-state index in [1.807, 2.05) is 25.4 Å². The molecule has 1 N–H and O–H groups in total. The summed E-state index contributed by atoms with van der Waals surface area (Å²) in [7, 11) is 1.67. The molecule has 0 saturated carbocycles. The summed E-state index contributed by atoms with van der Waals surface area (Å²) in [6.45, 7) is 6.51. The van der Waals surface area contributed by atoms with Gasteiger partial charge in [0.05, 0.1) is 12.7 Å². The van der Waals surface area contributed by atoms with Crippen molar-refractivity contribution in [2.75, 3.05) is 38.7 Å². The van der Waals surface area contributed by atoms with Gasteiger partial charge in [-0.25, -0.2) is 15.0 Å². The average Bonchev–Trinajstić information content (AvgIpc) is 3.07. The lowest BCUT2D eigenvalue weighted by Gasteiger charge is -2.50. The maximum Gasteiger partial charge on any atom is 0.222 e. The van der Waals surface area contributed by atoms with Gasteiger partial charge < -0.3 is 14.8 Å². The predicted molar refractivity (Wildman–Crippen MR) is 103 cm³/mol. The molecule has 144 valence electrons. The number of nitrogens with one attached hydrogen (secondary N) is 1. The van der Waals surface area contributed by atoms with E-state index in [0.29, 0.717) is 17.7 Å². The number of hydrogen-bond acceptors (Lipinski definition) is 7. The molecular weight excluding hydrogens is 342 g/mol. The van der Waals surface area contributed by atoms with Crippen molar-refractivity contribution >= 4 is 5.95 Å². The van der Waals surface area contributed by atoms with Crippen LogP contribution in [-0.4, -0.2) is 58.8 Å². The van der Waals surface area contributed by atoms with Gasteiger partial charge in [-0.05, 0) is 37.3 Å². The van der Waals surface area contributed by atoms with E-state index in [2.05, 4.69) is 31.2 Å². The Bertz CT molecular complexity index is 761. The predicted octanol–water partition coefficient (Wildman–Crippen LogP) is 2.28. The standard InChI is InChI=1S/C20H27N5O2/c1-15-10-23-19(24-11-15)22-8-5-17-6-9-27-20(17)13-25(14-20)12-16-4-3-7-21-18(16)26-2/h3-4,7,10-11,17H,5-6,8-9,12-14H2,1-2H3,(H,22,23,24)/t17-/m1/s1. The molecule has 0 radical (unpaired) electrons. The molecule has 2 aliphatic rings. The zero-order chi connectivity index (χ0) is 18.7. The van der Waals surface area contributed by atoms with E-state index in [9.17, 15) is 0 Å². The number of methoxy groups -OCH3 is 1. The molecular formula is C20H27N5O2. The van der Waals surface area contributed by atoms with Crippen LogP contribution in [0.2, 0.25) is 0 Å². The van der Waals surface area contributed by atoms with Crippen LogP contribution in [0.1, 0.15) is 24.0 Å². The van der Waals surface area contributed by atoms with Crippen molar-refractivity contribution in [3.63, 3.8) is 0 Å². The number of nitrogens with zero attached hydrogens (tertiary/aromatic N) is 4. The minimum absolute atomic E-state index is 0.00522. The maximum atomic E-state index is 6.18. The highest BCUT2D eigenvalue weighted by Gasteiger charge is 2.52. The third-order valence-corrected chi connectivity index (χ3v) is 5.58. The molecule has 1 atom stereocenters. The third-order valence-electron chi connectivity index (χ3n) is 5.58. The lowest BCUT2D eigenvalue weighted by atomic mass is 9.79. The van der Waals surface area contributed by atoms with Crippen LogP contribution in [-0.2, 0) is 11.3 Å². The van der Waals surface area contributed by atoms with Crippen LogP contribution in [0.3, 0.4) is 0 Å². The van der Waals surface area contributed by atoms with E-state index in [1.54, 1.807) is 13.3 Å². The Morgan fingerprint density at radius 1 is 1.30 bits per heavy atom. The van der Waals surface area contributed by atoms with Crippen molar-refractivity contribution in [2.45, 2.75) is 31.9 Å². The van der Waals surface area contributed by atoms with Crippen LogP contribution >= 0.6 is 0 Å². The normalized spacial score (nSPS) is 21.2. The topological polar surface area (TPSA) is 72.4 Å². The van der Waals surface area contributed by atoms with E-state index in [1.165, 1.54) is 0 Å². The molecule has 2 aliphatic heterocycles. The molecule has 0 amide bonds. The summed E-state index contributed by atoms with van der Waals surface area (Å²) in [5.74, 6) is 1.99. The van der Waals surface area contributed by atoms with Crippen LogP contribution in [0, 0.1) is 12.8 Å². The Morgan fingerprint density at radius 2 is 2.11 bits per heavy atom. The fourth-order valence-electron chi connectivity index (χ4n) is 4.18. The number of aromatic nitrogens is 3. The van der Waals surface area contributed by atoms with Crippen LogP contribution in [0.25, 0.3) is 0 Å². The van der Waals surface area contributed by atoms with Crippen molar-refractivity contribution in [3.8, 4) is 5.88 Å². The number of aryl methyl sites for hydroxylation is 1. The molecule has 0 aromatic carbocycles. The molecule has 2 saturated heterocycles. The van der Waals surface area contributed by atoms with E-state index >= 15 is 0 Å². The fraction of sp³-hybridized carbons (Fsp3) is 0.550. The summed E-state index contributed by atoms with van der Waals surface area (Å²) >= 11 is 0. The van der Waals surface area contributed by atoms with Gasteiger partial charge in [0, 0.05) is 56.9 Å². The Hall–Kier alpha value is -2.25. The number of ether oxygens (including phenoxy) is 2. The SMILES string of the molecule is COc1ncccc1CN1CC2(C1)OCC[C@H]2CCNc1ncc(C)cn1. The largest absolute Gasteiger partial charge is 0.481 e. The Balaban J connectivity index is 1.28. The fourth-order valence-corrected chi connectivity index (χ4v) is 4.18. The smallest absolute Gasteiger partial charge is 0.222 e. The summed E-state index contributed by atoms with van der Waals surface area (Å²) in [5.41, 5.74) is 2.21. The first-order chi connectivity index (χ1) is 13.2.